The number of likely N-dealkylation sites (tertiary alicyclic amines) is 1. The van der Waals surface area contributed by atoms with E-state index in [2.05, 4.69) is 4.98 Å². The second-order valence-corrected chi connectivity index (χ2v) is 5.50. The fourth-order valence-corrected chi connectivity index (χ4v) is 2.60. The molecule has 1 aliphatic rings. The summed E-state index contributed by atoms with van der Waals surface area (Å²) >= 11 is 5.71. The van der Waals surface area contributed by atoms with E-state index in [0.717, 1.165) is 4.90 Å². The molecule has 1 aromatic heterocycles. The van der Waals surface area contributed by atoms with E-state index >= 15 is 0 Å². The highest BCUT2D eigenvalue weighted by atomic mass is 35.5. The van der Waals surface area contributed by atoms with Crippen molar-refractivity contribution < 1.29 is 18.7 Å². The van der Waals surface area contributed by atoms with Gasteiger partial charge >= 0.3 is 0 Å². The third kappa shape index (κ3) is 2.27. The first-order valence-corrected chi connectivity index (χ1v) is 6.60. The van der Waals surface area contributed by atoms with Gasteiger partial charge in [-0.1, -0.05) is 24.6 Å². The normalized spacial score (nSPS) is 28.7. The van der Waals surface area contributed by atoms with Gasteiger partial charge in [-0.15, -0.1) is 0 Å². The predicted octanol–water partition coefficient (Wildman–Crippen LogP) is 2.36. The number of alkyl halides is 2. The van der Waals surface area contributed by atoms with Gasteiger partial charge in [0.2, 0.25) is 0 Å². The third-order valence-corrected chi connectivity index (χ3v) is 4.08. The Balaban J connectivity index is 2.39. The van der Waals surface area contributed by atoms with Crippen LogP contribution < -0.4 is 0 Å². The van der Waals surface area contributed by atoms with E-state index in [1.807, 2.05) is 0 Å². The number of amides is 1. The van der Waals surface area contributed by atoms with Crippen molar-refractivity contribution >= 4 is 17.5 Å². The molecule has 1 N–H and O–H groups in total. The molecule has 0 aromatic carbocycles. The number of hydrogen-bond donors (Lipinski definition) is 1. The number of nitrogens with zero attached hydrogens (tertiary/aromatic N) is 2. The van der Waals surface area contributed by atoms with Crippen LogP contribution in [0.25, 0.3) is 0 Å². The van der Waals surface area contributed by atoms with E-state index < -0.39 is 30.0 Å². The lowest BCUT2D eigenvalue weighted by Crippen LogP contribution is -2.51. The molecule has 1 saturated heterocycles. The lowest BCUT2D eigenvalue weighted by molar-refractivity contribution is -0.0946. The monoisotopic (exact) mass is 304 g/mol. The molecular formula is C13H15ClF2N2O2. The molecule has 1 aliphatic heterocycles. The number of aliphatic hydroxyl groups is 1. The zero-order chi connectivity index (χ0) is 15.1. The van der Waals surface area contributed by atoms with E-state index in [4.69, 9.17) is 11.6 Å². The summed E-state index contributed by atoms with van der Waals surface area (Å²) in [5.74, 6) is -3.99. The summed E-state index contributed by atoms with van der Waals surface area (Å²) in [7, 11) is 0. The minimum Gasteiger partial charge on any atom is -0.384 e. The van der Waals surface area contributed by atoms with E-state index in [1.165, 1.54) is 25.1 Å². The molecule has 0 unspecified atom stereocenters. The number of aromatic nitrogens is 1. The number of aliphatic hydroxyl groups excluding tert-OH is 1. The second kappa shape index (κ2) is 4.93. The van der Waals surface area contributed by atoms with Gasteiger partial charge in [0.25, 0.3) is 11.8 Å². The minimum atomic E-state index is -3.33. The first kappa shape index (κ1) is 15.1. The van der Waals surface area contributed by atoms with Gasteiger partial charge in [-0.25, -0.2) is 13.8 Å². The fraction of sp³-hybridized carbons (Fsp3) is 0.538. The Kier molecular flexibility index (Phi) is 3.73. The molecule has 0 saturated carbocycles. The number of carbonyl (C=O) groups is 1. The number of halogens is 3. The molecule has 0 radical (unpaired) electrons. The topological polar surface area (TPSA) is 53.4 Å². The van der Waals surface area contributed by atoms with E-state index in [9.17, 15) is 18.7 Å². The lowest BCUT2D eigenvalue weighted by Gasteiger charge is -2.35. The van der Waals surface area contributed by atoms with Crippen molar-refractivity contribution in [1.29, 1.82) is 0 Å². The standard InChI is InChI=1S/C13H15ClF2N2O2/c1-3-12(2)11(20)13(15,16)7-18(12)10(19)8-5-4-6-9(14)17-8/h4-6,11,20H,3,7H2,1-2H3/t11-,12-/m0/s1. The summed E-state index contributed by atoms with van der Waals surface area (Å²) in [5, 5.41) is 9.92. The molecule has 0 aliphatic carbocycles. The summed E-state index contributed by atoms with van der Waals surface area (Å²) in [5.41, 5.74) is -1.34. The average Bonchev–Trinajstić information content (AvgIpc) is 2.59. The van der Waals surface area contributed by atoms with Gasteiger partial charge in [0, 0.05) is 0 Å². The highest BCUT2D eigenvalue weighted by Gasteiger charge is 2.61. The van der Waals surface area contributed by atoms with Gasteiger partial charge in [-0.3, -0.25) is 4.79 Å². The number of pyridine rings is 1. The summed E-state index contributed by atoms with van der Waals surface area (Å²) in [4.78, 5) is 17.2. The average molecular weight is 305 g/mol. The van der Waals surface area contributed by atoms with Gasteiger partial charge in [0.1, 0.15) is 17.0 Å². The molecule has 7 heteroatoms. The van der Waals surface area contributed by atoms with E-state index in [-0.39, 0.29) is 17.3 Å². The van der Waals surface area contributed by atoms with Crippen LogP contribution in [0.5, 0.6) is 0 Å². The molecular weight excluding hydrogens is 290 g/mol. The van der Waals surface area contributed by atoms with Crippen LogP contribution in [0.3, 0.4) is 0 Å². The zero-order valence-electron chi connectivity index (χ0n) is 11.1. The predicted molar refractivity (Wildman–Crippen MR) is 69.9 cm³/mol. The van der Waals surface area contributed by atoms with Crippen molar-refractivity contribution in [3.63, 3.8) is 0 Å². The highest BCUT2D eigenvalue weighted by molar-refractivity contribution is 6.29. The Bertz CT molecular complexity index is 541. The maximum absolute atomic E-state index is 13.7. The molecule has 110 valence electrons. The molecule has 2 atom stereocenters. The van der Waals surface area contributed by atoms with Crippen LogP contribution in [0.1, 0.15) is 30.8 Å². The van der Waals surface area contributed by atoms with Crippen LogP contribution in [0, 0.1) is 0 Å². The molecule has 4 nitrogen and oxygen atoms in total. The van der Waals surface area contributed by atoms with Crippen LogP contribution in [0.15, 0.2) is 18.2 Å². The Hall–Kier alpha value is -1.27. The van der Waals surface area contributed by atoms with Gasteiger partial charge in [0.05, 0.1) is 12.1 Å². The smallest absolute Gasteiger partial charge is 0.292 e. The summed E-state index contributed by atoms with van der Waals surface area (Å²) in [6.07, 6.45) is -1.70. The van der Waals surface area contributed by atoms with Crippen LogP contribution in [-0.2, 0) is 0 Å². The summed E-state index contributed by atoms with van der Waals surface area (Å²) < 4.78 is 27.5. The molecule has 0 bridgehead atoms. The summed E-state index contributed by atoms with van der Waals surface area (Å²) in [6.45, 7) is 2.27. The number of rotatable bonds is 2. The van der Waals surface area contributed by atoms with Crippen molar-refractivity contribution in [3.8, 4) is 0 Å². The largest absolute Gasteiger partial charge is 0.384 e. The summed E-state index contributed by atoms with van der Waals surface area (Å²) in [6, 6.07) is 4.43. The van der Waals surface area contributed by atoms with Crippen LogP contribution >= 0.6 is 11.6 Å². The lowest BCUT2D eigenvalue weighted by atomic mass is 9.91. The maximum Gasteiger partial charge on any atom is 0.292 e. The number of hydrogen-bond acceptors (Lipinski definition) is 3. The van der Waals surface area contributed by atoms with Gasteiger partial charge in [0.15, 0.2) is 0 Å². The Morgan fingerprint density at radius 3 is 2.80 bits per heavy atom. The van der Waals surface area contributed by atoms with E-state index in [0.29, 0.717) is 0 Å². The Morgan fingerprint density at radius 2 is 2.25 bits per heavy atom. The quantitative estimate of drug-likeness (QED) is 0.853. The van der Waals surface area contributed by atoms with Crippen molar-refractivity contribution in [2.75, 3.05) is 6.54 Å². The van der Waals surface area contributed by atoms with Gasteiger partial charge < -0.3 is 10.0 Å². The Morgan fingerprint density at radius 1 is 1.60 bits per heavy atom. The second-order valence-electron chi connectivity index (χ2n) is 5.11. The SMILES string of the molecule is CC[C@@]1(C)[C@H](O)C(F)(F)CN1C(=O)c1cccc(Cl)n1. The van der Waals surface area contributed by atoms with Crippen LogP contribution in [0.4, 0.5) is 8.78 Å². The van der Waals surface area contributed by atoms with Crippen molar-refractivity contribution in [2.45, 2.75) is 37.8 Å². The van der Waals surface area contributed by atoms with Crippen LogP contribution in [-0.4, -0.2) is 45.0 Å². The highest BCUT2D eigenvalue weighted by Crippen LogP contribution is 2.42. The Labute approximate surface area is 120 Å². The first-order chi connectivity index (χ1) is 9.22. The molecule has 2 heterocycles. The maximum atomic E-state index is 13.7. The fourth-order valence-electron chi connectivity index (χ4n) is 2.43. The molecule has 1 fully saturated rings. The molecule has 20 heavy (non-hydrogen) atoms. The zero-order valence-corrected chi connectivity index (χ0v) is 11.9. The van der Waals surface area contributed by atoms with Crippen molar-refractivity contribution in [2.24, 2.45) is 0 Å². The first-order valence-electron chi connectivity index (χ1n) is 6.23. The number of carbonyl (C=O) groups excluding carboxylic acids is 1. The molecule has 1 amide bonds. The van der Waals surface area contributed by atoms with Crippen molar-refractivity contribution in [1.82, 2.24) is 9.88 Å². The minimum absolute atomic E-state index is 0.0120. The van der Waals surface area contributed by atoms with Crippen molar-refractivity contribution in [3.05, 3.63) is 29.0 Å². The van der Waals surface area contributed by atoms with Gasteiger partial charge in [-0.05, 0) is 25.5 Å². The van der Waals surface area contributed by atoms with Gasteiger partial charge in [-0.2, -0.15) is 0 Å². The molecule has 2 rings (SSSR count). The third-order valence-electron chi connectivity index (χ3n) is 3.87. The molecule has 1 aromatic rings. The van der Waals surface area contributed by atoms with E-state index in [1.54, 1.807) is 6.92 Å². The molecule has 0 spiro atoms. The van der Waals surface area contributed by atoms with Crippen LogP contribution in [0.2, 0.25) is 5.15 Å².